The van der Waals surface area contributed by atoms with Crippen molar-refractivity contribution >= 4 is 23.6 Å². The number of hydrogen-bond acceptors (Lipinski definition) is 12. The maximum Gasteiger partial charge on any atom is 0.310 e. The molecule has 0 spiro atoms. The smallest absolute Gasteiger partial charge is 0.310 e. The number of aryl methyl sites for hydroxylation is 1. The highest BCUT2D eigenvalue weighted by Crippen LogP contribution is 2.51. The highest BCUT2D eigenvalue weighted by atomic mass is 32.2. The molecule has 4 aromatic rings. The Morgan fingerprint density at radius 2 is 1.63 bits per heavy atom. The van der Waals surface area contributed by atoms with Crippen molar-refractivity contribution in [2.75, 3.05) is 27.1 Å². The second-order valence-electron chi connectivity index (χ2n) is 13.5. The molecule has 13 nitrogen and oxygen atoms in total. The van der Waals surface area contributed by atoms with Crippen molar-refractivity contribution in [1.29, 1.82) is 0 Å². The molecule has 1 unspecified atom stereocenters. The number of carbonyl (C=O) groups is 2. The van der Waals surface area contributed by atoms with Gasteiger partial charge in [-0.15, -0.1) is 11.8 Å². The largest absolute Gasteiger partial charge is 0.492 e. The Labute approximate surface area is 333 Å². The van der Waals surface area contributed by atoms with E-state index in [1.54, 1.807) is 37.3 Å². The second kappa shape index (κ2) is 18.9. The van der Waals surface area contributed by atoms with Crippen LogP contribution in [-0.2, 0) is 20.7 Å². The molecule has 1 amide bonds. The minimum atomic E-state index is -1.62. The van der Waals surface area contributed by atoms with Gasteiger partial charge in [0.25, 0.3) is 0 Å². The number of hydrogen-bond donors (Lipinski definition) is 6. The van der Waals surface area contributed by atoms with Crippen molar-refractivity contribution in [3.8, 4) is 39.5 Å². The molecule has 2 aliphatic rings. The van der Waals surface area contributed by atoms with E-state index < -0.39 is 61.1 Å². The van der Waals surface area contributed by atoms with Crippen LogP contribution in [0.3, 0.4) is 0 Å². The van der Waals surface area contributed by atoms with Crippen LogP contribution in [0.4, 0.5) is 4.39 Å². The second-order valence-corrected chi connectivity index (χ2v) is 14.4. The summed E-state index contributed by atoms with van der Waals surface area (Å²) in [5, 5.41) is 52.2. The normalized spacial score (nSPS) is 21.6. The topological polar surface area (TPSA) is 201 Å². The zero-order valence-corrected chi connectivity index (χ0v) is 32.8. The van der Waals surface area contributed by atoms with E-state index in [1.807, 2.05) is 42.7 Å². The van der Waals surface area contributed by atoms with Crippen LogP contribution in [-0.4, -0.2) is 95.2 Å². The van der Waals surface area contributed by atoms with E-state index >= 15 is 0 Å². The molecule has 0 radical (unpaired) electrons. The number of thioether (sulfide) groups is 1. The van der Waals surface area contributed by atoms with E-state index in [2.05, 4.69) is 5.32 Å². The summed E-state index contributed by atoms with van der Waals surface area (Å²) in [5.41, 5.74) is 4.29. The predicted molar refractivity (Wildman–Crippen MR) is 210 cm³/mol. The molecular weight excluding hydrogens is 762 g/mol. The zero-order chi connectivity index (χ0) is 41.6. The van der Waals surface area contributed by atoms with Crippen molar-refractivity contribution in [3.05, 3.63) is 106 Å². The Kier molecular flexibility index (Phi) is 14.3. The third-order valence-corrected chi connectivity index (χ3v) is 10.7. The lowest BCUT2D eigenvalue weighted by molar-refractivity contribution is -0.277. The first-order valence-corrected chi connectivity index (χ1v) is 19.3. The van der Waals surface area contributed by atoms with Crippen LogP contribution < -0.4 is 25.0 Å². The number of carboxylic acid groups (broad SMARTS) is 1. The first kappa shape index (κ1) is 43.1. The number of aliphatic carboxylic acids is 1. The molecule has 1 aliphatic heterocycles. The Hall–Kier alpha value is -5.03. The third kappa shape index (κ3) is 9.41. The molecule has 0 bridgehead atoms. The van der Waals surface area contributed by atoms with Gasteiger partial charge >= 0.3 is 5.97 Å². The molecule has 0 saturated carbocycles. The number of ether oxygens (including phenoxy) is 4. The summed E-state index contributed by atoms with van der Waals surface area (Å²) in [7, 11) is 2.87. The summed E-state index contributed by atoms with van der Waals surface area (Å²) in [4.78, 5) is 36.4. The Balaban J connectivity index is 0.000000287. The maximum absolute atomic E-state index is 14.0. The molecule has 1 heterocycles. The van der Waals surface area contributed by atoms with E-state index in [0.717, 1.165) is 11.1 Å². The van der Waals surface area contributed by atoms with Crippen molar-refractivity contribution in [2.45, 2.75) is 74.3 Å². The minimum absolute atomic E-state index is 0.131. The van der Waals surface area contributed by atoms with Gasteiger partial charge in [0.05, 0.1) is 37.7 Å². The molecule has 0 aromatic heterocycles. The number of carboxylic acids is 1. The SMILES string of the molecule is CC(C(=O)O)c1ccc(-c2ccccc2)c(F)c1.COc1c(O[C@@H]2O[C@H](CO)[C@@H](O)[C@H](O)[C@H]2O)cc2c(c1OC)-c1ccc(SC)c(=O)cc1[C@@H](NC(C)=O)CC2. The first-order valence-electron chi connectivity index (χ1n) is 18.1. The molecule has 6 rings (SSSR count). The number of methoxy groups -OCH3 is 2. The molecule has 1 saturated heterocycles. The van der Waals surface area contributed by atoms with Gasteiger partial charge in [-0.2, -0.15) is 0 Å². The van der Waals surface area contributed by atoms with Crippen molar-refractivity contribution < 1.29 is 58.5 Å². The highest BCUT2D eigenvalue weighted by molar-refractivity contribution is 7.98. The van der Waals surface area contributed by atoms with E-state index in [-0.39, 0.29) is 22.8 Å². The number of amides is 1. The Morgan fingerprint density at radius 3 is 2.23 bits per heavy atom. The summed E-state index contributed by atoms with van der Waals surface area (Å²) >= 11 is 1.32. The standard InChI is InChI=1S/C27H33NO10S.C15H13FO2/c1-12(30)28-16-7-5-13-9-18(37-27-24(34)23(33)22(32)19(11-29)38-27)25(35-2)26(36-3)21(13)14-6-8-20(39-4)17(31)10-15(14)16;1-10(15(17)18)12-7-8-13(14(16)9-12)11-5-3-2-4-6-11/h6,8-10,16,19,22-24,27,29,32-34H,5,7,11H2,1-4H3,(H,28,30);2-10H,1H3,(H,17,18)/t16-,19+,22+,23-,24+,27+;/m0./s1. The number of halogens is 1. The van der Waals surface area contributed by atoms with Crippen LogP contribution in [0.15, 0.2) is 82.5 Å². The lowest BCUT2D eigenvalue weighted by Gasteiger charge is -2.39. The number of aliphatic hydroxyl groups is 4. The highest BCUT2D eigenvalue weighted by Gasteiger charge is 2.45. The minimum Gasteiger partial charge on any atom is -0.492 e. The van der Waals surface area contributed by atoms with Gasteiger partial charge in [0.2, 0.25) is 17.9 Å². The third-order valence-electron chi connectivity index (χ3n) is 9.92. The van der Waals surface area contributed by atoms with Gasteiger partial charge in [-0.3, -0.25) is 14.4 Å². The van der Waals surface area contributed by atoms with Gasteiger partial charge in [-0.25, -0.2) is 4.39 Å². The van der Waals surface area contributed by atoms with Crippen molar-refractivity contribution in [2.24, 2.45) is 0 Å². The molecule has 1 fully saturated rings. The molecule has 304 valence electrons. The van der Waals surface area contributed by atoms with Gasteiger partial charge in [0, 0.05) is 18.1 Å². The van der Waals surface area contributed by atoms with E-state index in [4.69, 9.17) is 24.1 Å². The lowest BCUT2D eigenvalue weighted by atomic mass is 9.95. The molecule has 4 aromatic carbocycles. The number of carbonyl (C=O) groups excluding carboxylic acids is 1. The Morgan fingerprint density at radius 1 is 0.947 bits per heavy atom. The summed E-state index contributed by atoms with van der Waals surface area (Å²) in [5.74, 6) is -1.71. The van der Waals surface area contributed by atoms with Crippen LogP contribution >= 0.6 is 11.8 Å². The average Bonchev–Trinajstić information content (AvgIpc) is 3.45. The van der Waals surface area contributed by atoms with Crippen LogP contribution in [0.1, 0.15) is 48.9 Å². The molecular formula is C42H46FNO12S. The van der Waals surface area contributed by atoms with E-state index in [0.29, 0.717) is 51.3 Å². The van der Waals surface area contributed by atoms with E-state index in [9.17, 15) is 39.2 Å². The fourth-order valence-corrected chi connectivity index (χ4v) is 7.35. The fourth-order valence-electron chi connectivity index (χ4n) is 6.88. The van der Waals surface area contributed by atoms with Gasteiger partial charge in [0.1, 0.15) is 30.2 Å². The van der Waals surface area contributed by atoms with Crippen LogP contribution in [0, 0.1) is 5.82 Å². The summed E-state index contributed by atoms with van der Waals surface area (Å²) < 4.78 is 36.9. The maximum atomic E-state index is 14.0. The van der Waals surface area contributed by atoms with Crippen LogP contribution in [0.25, 0.3) is 22.3 Å². The molecule has 1 aliphatic carbocycles. The monoisotopic (exact) mass is 807 g/mol. The number of nitrogens with one attached hydrogen (secondary N) is 1. The summed E-state index contributed by atoms with van der Waals surface area (Å²) in [6, 6.07) is 20.1. The molecule has 57 heavy (non-hydrogen) atoms. The van der Waals surface area contributed by atoms with Gasteiger partial charge < -0.3 is 49.8 Å². The number of fused-ring (bicyclic) bond motifs is 3. The van der Waals surface area contributed by atoms with Gasteiger partial charge in [-0.1, -0.05) is 48.5 Å². The van der Waals surface area contributed by atoms with Gasteiger partial charge in [-0.05, 0) is 78.1 Å². The van der Waals surface area contributed by atoms with Gasteiger partial charge in [0.15, 0.2) is 16.9 Å². The van der Waals surface area contributed by atoms with Crippen LogP contribution in [0.5, 0.6) is 17.2 Å². The first-order chi connectivity index (χ1) is 27.2. The number of benzene rings is 3. The predicted octanol–water partition coefficient (Wildman–Crippen LogP) is 4.44. The van der Waals surface area contributed by atoms with Crippen molar-refractivity contribution in [3.63, 3.8) is 0 Å². The lowest BCUT2D eigenvalue weighted by Crippen LogP contribution is -2.60. The summed E-state index contributed by atoms with van der Waals surface area (Å²) in [6.45, 7) is 2.36. The zero-order valence-electron chi connectivity index (χ0n) is 32.0. The van der Waals surface area contributed by atoms with Crippen LogP contribution in [0.2, 0.25) is 0 Å². The quantitative estimate of drug-likeness (QED) is 0.123. The molecule has 15 heteroatoms. The van der Waals surface area contributed by atoms with E-state index in [1.165, 1.54) is 39.0 Å². The summed E-state index contributed by atoms with van der Waals surface area (Å²) in [6.07, 6.45) is -4.64. The molecule has 6 N–H and O–H groups in total. The average molecular weight is 808 g/mol. The number of aliphatic hydroxyl groups excluding tert-OH is 4. The number of rotatable bonds is 10. The fraction of sp³-hybridized carbons (Fsp3) is 0.357. The van der Waals surface area contributed by atoms with Crippen molar-refractivity contribution in [1.82, 2.24) is 5.32 Å². The molecule has 7 atom stereocenters. The Bertz CT molecular complexity index is 2140.